The van der Waals surface area contributed by atoms with Gasteiger partial charge in [-0.25, -0.2) is 4.39 Å². The molecule has 2 aromatic carbocycles. The number of halogens is 3. The van der Waals surface area contributed by atoms with E-state index in [4.69, 9.17) is 11.6 Å². The van der Waals surface area contributed by atoms with Gasteiger partial charge in [-0.1, -0.05) is 39.7 Å². The van der Waals surface area contributed by atoms with Gasteiger partial charge < -0.3 is 5.11 Å². The highest BCUT2D eigenvalue weighted by Crippen LogP contribution is 2.28. The van der Waals surface area contributed by atoms with Crippen molar-refractivity contribution in [3.63, 3.8) is 0 Å². The lowest BCUT2D eigenvalue weighted by Crippen LogP contribution is -2.03. The molecule has 0 spiro atoms. The van der Waals surface area contributed by atoms with E-state index in [1.165, 1.54) is 12.1 Å². The molecule has 0 saturated heterocycles. The second-order valence-electron chi connectivity index (χ2n) is 4.13. The lowest BCUT2D eigenvalue weighted by molar-refractivity contribution is 0.215. The summed E-state index contributed by atoms with van der Waals surface area (Å²) in [4.78, 5) is 0. The summed E-state index contributed by atoms with van der Waals surface area (Å²) < 4.78 is 14.6. The number of hydrogen-bond acceptors (Lipinski definition) is 1. The van der Waals surface area contributed by atoms with Crippen LogP contribution in [0.3, 0.4) is 0 Å². The normalized spacial score (nSPS) is 12.5. The third-order valence-electron chi connectivity index (χ3n) is 2.64. The number of aliphatic hydroxyl groups is 1. The van der Waals surface area contributed by atoms with Crippen LogP contribution in [0.25, 0.3) is 0 Å². The fourth-order valence-corrected chi connectivity index (χ4v) is 2.61. The molecule has 1 atom stereocenters. The zero-order valence-corrected chi connectivity index (χ0v) is 12.0. The second-order valence-corrected chi connectivity index (χ2v) is 5.48. The summed E-state index contributed by atoms with van der Waals surface area (Å²) in [5, 5.41) is 10.5. The highest BCUT2D eigenvalue weighted by molar-refractivity contribution is 9.10. The Morgan fingerprint density at radius 3 is 2.56 bits per heavy atom. The average Bonchev–Trinajstić information content (AvgIpc) is 2.26. The van der Waals surface area contributed by atoms with Crippen LogP contribution in [0.4, 0.5) is 4.39 Å². The second kappa shape index (κ2) is 5.39. The molecule has 2 aromatic rings. The van der Waals surface area contributed by atoms with E-state index in [0.29, 0.717) is 10.6 Å². The zero-order valence-electron chi connectivity index (χ0n) is 9.62. The van der Waals surface area contributed by atoms with Crippen molar-refractivity contribution in [1.82, 2.24) is 0 Å². The molecule has 1 nitrogen and oxygen atoms in total. The molecule has 0 aliphatic rings. The molecule has 0 radical (unpaired) electrons. The molecule has 4 heteroatoms. The fourth-order valence-electron chi connectivity index (χ4n) is 1.83. The van der Waals surface area contributed by atoms with Gasteiger partial charge in [0.05, 0.1) is 0 Å². The first-order chi connectivity index (χ1) is 8.47. The van der Waals surface area contributed by atoms with Crippen molar-refractivity contribution < 1.29 is 9.50 Å². The smallest absolute Gasteiger partial charge is 0.130 e. The molecule has 0 aliphatic carbocycles. The van der Waals surface area contributed by atoms with Gasteiger partial charge in [0.2, 0.25) is 0 Å². The molecule has 0 aliphatic heterocycles. The zero-order chi connectivity index (χ0) is 13.3. The van der Waals surface area contributed by atoms with E-state index in [-0.39, 0.29) is 5.56 Å². The van der Waals surface area contributed by atoms with Crippen LogP contribution in [0.15, 0.2) is 40.9 Å². The Kier molecular flexibility index (Phi) is 4.05. The van der Waals surface area contributed by atoms with Crippen LogP contribution in [-0.2, 0) is 0 Å². The molecule has 0 fully saturated rings. The summed E-state index contributed by atoms with van der Waals surface area (Å²) in [6.07, 6.45) is -1.00. The van der Waals surface area contributed by atoms with Gasteiger partial charge in [-0.3, -0.25) is 0 Å². The van der Waals surface area contributed by atoms with Gasteiger partial charge in [0, 0.05) is 15.1 Å². The van der Waals surface area contributed by atoms with Crippen LogP contribution in [0.1, 0.15) is 22.8 Å². The van der Waals surface area contributed by atoms with E-state index in [9.17, 15) is 9.50 Å². The highest BCUT2D eigenvalue weighted by Gasteiger charge is 2.15. The van der Waals surface area contributed by atoms with Crippen molar-refractivity contribution in [3.8, 4) is 0 Å². The van der Waals surface area contributed by atoms with E-state index < -0.39 is 11.9 Å². The van der Waals surface area contributed by atoms with Gasteiger partial charge in [-0.15, -0.1) is 0 Å². The van der Waals surface area contributed by atoms with Crippen molar-refractivity contribution in [2.24, 2.45) is 0 Å². The van der Waals surface area contributed by atoms with E-state index in [1.54, 1.807) is 12.1 Å². The molecule has 1 N–H and O–H groups in total. The molecule has 0 amide bonds. The van der Waals surface area contributed by atoms with Crippen molar-refractivity contribution in [2.75, 3.05) is 0 Å². The van der Waals surface area contributed by atoms with E-state index in [2.05, 4.69) is 15.9 Å². The number of aliphatic hydroxyl groups excluding tert-OH is 1. The Morgan fingerprint density at radius 1 is 1.22 bits per heavy atom. The SMILES string of the molecule is Cc1cc(Br)cc(C(O)c2ccc(Cl)cc2F)c1. The maximum Gasteiger partial charge on any atom is 0.130 e. The van der Waals surface area contributed by atoms with Crippen LogP contribution in [0, 0.1) is 12.7 Å². The third kappa shape index (κ3) is 2.91. The summed E-state index contributed by atoms with van der Waals surface area (Å²) in [5.74, 6) is -0.507. The Hall–Kier alpha value is -0.900. The Balaban J connectivity index is 2.44. The summed E-state index contributed by atoms with van der Waals surface area (Å²) in [7, 11) is 0. The molecule has 94 valence electrons. The minimum atomic E-state index is -1.00. The summed E-state index contributed by atoms with van der Waals surface area (Å²) >= 11 is 9.05. The number of hydrogen-bond donors (Lipinski definition) is 1. The summed E-state index contributed by atoms with van der Waals surface area (Å²) in [5.41, 5.74) is 1.85. The van der Waals surface area contributed by atoms with Gasteiger partial charge in [-0.2, -0.15) is 0 Å². The molecular formula is C14H11BrClFO. The standard InChI is InChI=1S/C14H11BrClFO/c1-8-4-9(6-10(15)5-8)14(18)12-3-2-11(16)7-13(12)17/h2-7,14,18H,1H3. The lowest BCUT2D eigenvalue weighted by Gasteiger charge is -2.14. The Morgan fingerprint density at radius 2 is 1.94 bits per heavy atom. The maximum absolute atomic E-state index is 13.7. The molecule has 0 bridgehead atoms. The fraction of sp³-hybridized carbons (Fsp3) is 0.143. The van der Waals surface area contributed by atoms with Crippen molar-refractivity contribution >= 4 is 27.5 Å². The minimum absolute atomic E-state index is 0.219. The predicted octanol–water partition coefficient (Wildman–Crippen LogP) is 4.63. The first-order valence-electron chi connectivity index (χ1n) is 5.37. The molecule has 0 aromatic heterocycles. The van der Waals surface area contributed by atoms with E-state index in [1.807, 2.05) is 19.1 Å². The average molecular weight is 330 g/mol. The Labute approximate surface area is 118 Å². The van der Waals surface area contributed by atoms with Gasteiger partial charge >= 0.3 is 0 Å². The van der Waals surface area contributed by atoms with Crippen LogP contribution in [-0.4, -0.2) is 5.11 Å². The molecular weight excluding hydrogens is 319 g/mol. The third-order valence-corrected chi connectivity index (χ3v) is 3.33. The van der Waals surface area contributed by atoms with Crippen molar-refractivity contribution in [2.45, 2.75) is 13.0 Å². The summed E-state index contributed by atoms with van der Waals surface area (Å²) in [6, 6.07) is 9.78. The van der Waals surface area contributed by atoms with E-state index >= 15 is 0 Å². The molecule has 0 saturated carbocycles. The van der Waals surface area contributed by atoms with Gasteiger partial charge in [0.1, 0.15) is 11.9 Å². The maximum atomic E-state index is 13.7. The number of benzene rings is 2. The first kappa shape index (κ1) is 13.5. The van der Waals surface area contributed by atoms with Crippen molar-refractivity contribution in [1.29, 1.82) is 0 Å². The number of aryl methyl sites for hydroxylation is 1. The van der Waals surface area contributed by atoms with Crippen molar-refractivity contribution in [3.05, 3.63) is 68.4 Å². The monoisotopic (exact) mass is 328 g/mol. The molecule has 18 heavy (non-hydrogen) atoms. The molecule has 1 unspecified atom stereocenters. The summed E-state index contributed by atoms with van der Waals surface area (Å²) in [6.45, 7) is 1.92. The highest BCUT2D eigenvalue weighted by atomic mass is 79.9. The largest absolute Gasteiger partial charge is 0.384 e. The van der Waals surface area contributed by atoms with Crippen LogP contribution >= 0.6 is 27.5 Å². The van der Waals surface area contributed by atoms with Crippen LogP contribution in [0.5, 0.6) is 0 Å². The molecule has 0 heterocycles. The Bertz CT molecular complexity index is 566. The quantitative estimate of drug-likeness (QED) is 0.851. The van der Waals surface area contributed by atoms with E-state index in [0.717, 1.165) is 10.0 Å². The first-order valence-corrected chi connectivity index (χ1v) is 6.54. The lowest BCUT2D eigenvalue weighted by atomic mass is 10.00. The molecule has 2 rings (SSSR count). The topological polar surface area (TPSA) is 20.2 Å². The van der Waals surface area contributed by atoms with Gasteiger partial charge in [-0.05, 0) is 42.3 Å². The van der Waals surface area contributed by atoms with Gasteiger partial charge in [0.15, 0.2) is 0 Å². The predicted molar refractivity (Wildman–Crippen MR) is 74.4 cm³/mol. The number of rotatable bonds is 2. The van der Waals surface area contributed by atoms with Gasteiger partial charge in [0.25, 0.3) is 0 Å². The minimum Gasteiger partial charge on any atom is -0.384 e. The van der Waals surface area contributed by atoms with Crippen LogP contribution < -0.4 is 0 Å². The van der Waals surface area contributed by atoms with Crippen LogP contribution in [0.2, 0.25) is 5.02 Å².